The minimum absolute atomic E-state index is 0.648. The van der Waals surface area contributed by atoms with Gasteiger partial charge in [0.1, 0.15) is 5.75 Å². The van der Waals surface area contributed by atoms with Crippen molar-refractivity contribution in [1.29, 1.82) is 0 Å². The number of alkyl halides is 1. The number of hydrogen-bond acceptors (Lipinski definition) is 3. The molecule has 0 aliphatic carbocycles. The van der Waals surface area contributed by atoms with Crippen molar-refractivity contribution in [2.45, 2.75) is 19.4 Å². The van der Waals surface area contributed by atoms with E-state index in [9.17, 15) is 0 Å². The van der Waals surface area contributed by atoms with E-state index in [-0.39, 0.29) is 0 Å². The van der Waals surface area contributed by atoms with Gasteiger partial charge in [0, 0.05) is 35.9 Å². The molecule has 1 aromatic heterocycles. The fourth-order valence-corrected chi connectivity index (χ4v) is 2.14. The highest BCUT2D eigenvalue weighted by molar-refractivity contribution is 9.09. The average Bonchev–Trinajstić information content (AvgIpc) is 2.85. The molecule has 0 amide bonds. The number of ether oxygens (including phenoxy) is 1. The molecule has 0 N–H and O–H groups in total. The highest BCUT2D eigenvalue weighted by Gasteiger charge is 2.00. The standard InChI is InChI=1S/C13H15BrClN3O/c14-7-6-12-10-18(17-16-12)8-1-9-19-13-4-2-11(15)3-5-13/h2-5,10H,1,6-9H2. The molecule has 0 aliphatic rings. The van der Waals surface area contributed by atoms with Crippen molar-refractivity contribution in [3.8, 4) is 5.75 Å². The molecule has 1 heterocycles. The predicted molar refractivity (Wildman–Crippen MR) is 79.1 cm³/mol. The Balaban J connectivity index is 1.69. The van der Waals surface area contributed by atoms with Crippen LogP contribution in [0.1, 0.15) is 12.1 Å². The van der Waals surface area contributed by atoms with Crippen molar-refractivity contribution in [2.75, 3.05) is 11.9 Å². The first-order valence-electron chi connectivity index (χ1n) is 6.11. The number of nitrogens with zero attached hydrogens (tertiary/aromatic N) is 3. The molecule has 19 heavy (non-hydrogen) atoms. The van der Waals surface area contributed by atoms with Gasteiger partial charge in [0.05, 0.1) is 12.3 Å². The third-order valence-electron chi connectivity index (χ3n) is 2.55. The Morgan fingerprint density at radius 2 is 2.05 bits per heavy atom. The van der Waals surface area contributed by atoms with E-state index in [0.717, 1.165) is 36.2 Å². The largest absolute Gasteiger partial charge is 0.494 e. The average molecular weight is 345 g/mol. The van der Waals surface area contributed by atoms with Crippen molar-refractivity contribution in [2.24, 2.45) is 0 Å². The number of benzene rings is 1. The Hall–Kier alpha value is -1.07. The fourth-order valence-electron chi connectivity index (χ4n) is 1.61. The molecule has 0 saturated heterocycles. The van der Waals surface area contributed by atoms with E-state index in [1.165, 1.54) is 0 Å². The molecule has 1 aromatic carbocycles. The van der Waals surface area contributed by atoms with Gasteiger partial charge in [-0.25, -0.2) is 0 Å². The van der Waals surface area contributed by atoms with Crippen LogP contribution in [0.25, 0.3) is 0 Å². The Kier molecular flexibility index (Phi) is 5.66. The van der Waals surface area contributed by atoms with E-state index in [0.29, 0.717) is 11.6 Å². The van der Waals surface area contributed by atoms with E-state index in [1.54, 1.807) is 0 Å². The van der Waals surface area contributed by atoms with Crippen molar-refractivity contribution in [3.05, 3.63) is 41.2 Å². The monoisotopic (exact) mass is 343 g/mol. The van der Waals surface area contributed by atoms with Crippen molar-refractivity contribution < 1.29 is 4.74 Å². The first-order chi connectivity index (χ1) is 9.28. The normalized spacial score (nSPS) is 10.6. The first kappa shape index (κ1) is 14.3. The van der Waals surface area contributed by atoms with E-state index in [2.05, 4.69) is 26.2 Å². The van der Waals surface area contributed by atoms with Gasteiger partial charge in [-0.05, 0) is 24.3 Å². The zero-order valence-electron chi connectivity index (χ0n) is 10.4. The SMILES string of the molecule is Clc1ccc(OCCCn2cc(CCBr)nn2)cc1. The molecule has 0 fully saturated rings. The molecular formula is C13H15BrClN3O. The second-order valence-electron chi connectivity index (χ2n) is 4.07. The van der Waals surface area contributed by atoms with E-state index in [4.69, 9.17) is 16.3 Å². The number of aryl methyl sites for hydroxylation is 2. The van der Waals surface area contributed by atoms with Gasteiger partial charge in [-0.3, -0.25) is 4.68 Å². The molecule has 0 aliphatic heterocycles. The smallest absolute Gasteiger partial charge is 0.119 e. The molecule has 0 radical (unpaired) electrons. The molecule has 102 valence electrons. The second-order valence-corrected chi connectivity index (χ2v) is 5.30. The zero-order chi connectivity index (χ0) is 13.5. The fraction of sp³-hybridized carbons (Fsp3) is 0.385. The van der Waals surface area contributed by atoms with Gasteiger partial charge in [0.25, 0.3) is 0 Å². The van der Waals surface area contributed by atoms with Crippen LogP contribution in [0.3, 0.4) is 0 Å². The molecule has 0 bridgehead atoms. The summed E-state index contributed by atoms with van der Waals surface area (Å²) in [5.74, 6) is 0.836. The molecule has 6 heteroatoms. The highest BCUT2D eigenvalue weighted by atomic mass is 79.9. The Morgan fingerprint density at radius 1 is 1.26 bits per heavy atom. The van der Waals surface area contributed by atoms with Crippen LogP contribution in [0.4, 0.5) is 0 Å². The lowest BCUT2D eigenvalue weighted by Gasteiger charge is -2.05. The number of rotatable bonds is 7. The predicted octanol–water partition coefficient (Wildman–Crippen LogP) is 3.34. The summed E-state index contributed by atoms with van der Waals surface area (Å²) in [4.78, 5) is 0. The minimum atomic E-state index is 0.648. The van der Waals surface area contributed by atoms with Gasteiger partial charge in [0.2, 0.25) is 0 Å². The van der Waals surface area contributed by atoms with Gasteiger partial charge in [-0.2, -0.15) is 0 Å². The Morgan fingerprint density at radius 3 is 2.79 bits per heavy atom. The Bertz CT molecular complexity index is 501. The van der Waals surface area contributed by atoms with Gasteiger partial charge >= 0.3 is 0 Å². The lowest BCUT2D eigenvalue weighted by Crippen LogP contribution is -2.05. The molecule has 4 nitrogen and oxygen atoms in total. The van der Waals surface area contributed by atoms with Crippen molar-refractivity contribution in [1.82, 2.24) is 15.0 Å². The van der Waals surface area contributed by atoms with Crippen LogP contribution in [-0.2, 0) is 13.0 Å². The van der Waals surface area contributed by atoms with Crippen molar-refractivity contribution >= 4 is 27.5 Å². The summed E-state index contributed by atoms with van der Waals surface area (Å²) in [5.41, 5.74) is 1.01. The molecule has 0 unspecified atom stereocenters. The maximum atomic E-state index is 5.80. The van der Waals surface area contributed by atoms with E-state index < -0.39 is 0 Å². The van der Waals surface area contributed by atoms with Gasteiger partial charge in [0.15, 0.2) is 0 Å². The molecule has 0 saturated carbocycles. The van der Waals surface area contributed by atoms with Crippen LogP contribution in [-0.4, -0.2) is 26.9 Å². The summed E-state index contributed by atoms with van der Waals surface area (Å²) in [6.45, 7) is 1.46. The van der Waals surface area contributed by atoms with Gasteiger partial charge < -0.3 is 4.74 Å². The molecular weight excluding hydrogens is 330 g/mol. The van der Waals surface area contributed by atoms with Gasteiger partial charge in [-0.1, -0.05) is 32.7 Å². The van der Waals surface area contributed by atoms with E-state index >= 15 is 0 Å². The maximum Gasteiger partial charge on any atom is 0.119 e. The zero-order valence-corrected chi connectivity index (χ0v) is 12.8. The number of aromatic nitrogens is 3. The summed E-state index contributed by atoms with van der Waals surface area (Å²) < 4.78 is 7.46. The third kappa shape index (κ3) is 4.84. The van der Waals surface area contributed by atoms with Crippen LogP contribution in [0.5, 0.6) is 5.75 Å². The Labute approximate surface area is 125 Å². The summed E-state index contributed by atoms with van der Waals surface area (Å²) in [6, 6.07) is 7.37. The lowest BCUT2D eigenvalue weighted by molar-refractivity contribution is 0.298. The second kappa shape index (κ2) is 7.50. The highest BCUT2D eigenvalue weighted by Crippen LogP contribution is 2.15. The van der Waals surface area contributed by atoms with Crippen LogP contribution >= 0.6 is 27.5 Å². The quantitative estimate of drug-likeness (QED) is 0.571. The number of hydrogen-bond donors (Lipinski definition) is 0. The van der Waals surface area contributed by atoms with Gasteiger partial charge in [-0.15, -0.1) is 5.10 Å². The summed E-state index contributed by atoms with van der Waals surface area (Å²) in [5, 5.41) is 9.77. The van der Waals surface area contributed by atoms with Crippen LogP contribution < -0.4 is 4.74 Å². The molecule has 2 aromatic rings. The number of halogens is 2. The minimum Gasteiger partial charge on any atom is -0.494 e. The first-order valence-corrected chi connectivity index (χ1v) is 7.61. The third-order valence-corrected chi connectivity index (χ3v) is 3.20. The van der Waals surface area contributed by atoms with E-state index in [1.807, 2.05) is 35.1 Å². The topological polar surface area (TPSA) is 39.9 Å². The summed E-state index contributed by atoms with van der Waals surface area (Å²) in [7, 11) is 0. The lowest BCUT2D eigenvalue weighted by atomic mass is 10.3. The summed E-state index contributed by atoms with van der Waals surface area (Å²) in [6.07, 6.45) is 3.77. The molecule has 0 atom stereocenters. The molecule has 0 spiro atoms. The van der Waals surface area contributed by atoms with Crippen LogP contribution in [0.2, 0.25) is 5.02 Å². The van der Waals surface area contributed by atoms with Crippen molar-refractivity contribution in [3.63, 3.8) is 0 Å². The van der Waals surface area contributed by atoms with Crippen LogP contribution in [0, 0.1) is 0 Å². The summed E-state index contributed by atoms with van der Waals surface area (Å²) >= 11 is 9.19. The maximum absolute atomic E-state index is 5.80. The van der Waals surface area contributed by atoms with Crippen LogP contribution in [0.15, 0.2) is 30.5 Å². The molecule has 2 rings (SSSR count).